The van der Waals surface area contributed by atoms with Gasteiger partial charge in [-0.25, -0.2) is 0 Å². The molecule has 1 heterocycles. The van der Waals surface area contributed by atoms with E-state index in [1.807, 2.05) is 18.2 Å². The molecule has 1 amide bonds. The second-order valence-electron chi connectivity index (χ2n) is 5.30. The fourth-order valence-electron chi connectivity index (χ4n) is 2.52. The number of likely N-dealkylation sites (N-methyl/N-ethyl adjacent to an activating group) is 1. The topological polar surface area (TPSA) is 57.2 Å². The van der Waals surface area contributed by atoms with Gasteiger partial charge in [-0.3, -0.25) is 4.79 Å². The van der Waals surface area contributed by atoms with Crippen LogP contribution >= 0.6 is 0 Å². The van der Waals surface area contributed by atoms with Crippen molar-refractivity contribution in [1.29, 1.82) is 0 Å². The van der Waals surface area contributed by atoms with Crippen LogP contribution in [0.2, 0.25) is 0 Å². The molecule has 0 unspecified atom stereocenters. The molecule has 0 fully saturated rings. The quantitative estimate of drug-likeness (QED) is 0.863. The van der Waals surface area contributed by atoms with Gasteiger partial charge in [0.05, 0.1) is 14.2 Å². The first-order chi connectivity index (χ1) is 11.6. The summed E-state index contributed by atoms with van der Waals surface area (Å²) in [5.74, 6) is 2.18. The lowest BCUT2D eigenvalue weighted by Crippen LogP contribution is -2.45. The van der Waals surface area contributed by atoms with Gasteiger partial charge in [-0.2, -0.15) is 0 Å². The Hall–Kier alpha value is -2.89. The molecule has 0 bridgehead atoms. The first-order valence-corrected chi connectivity index (χ1v) is 7.52. The first kappa shape index (κ1) is 16.0. The van der Waals surface area contributed by atoms with E-state index in [9.17, 15) is 4.79 Å². The lowest BCUT2D eigenvalue weighted by Gasteiger charge is -2.29. The number of anilines is 1. The third-order valence-electron chi connectivity index (χ3n) is 3.87. The molecule has 0 radical (unpaired) electrons. The van der Waals surface area contributed by atoms with Gasteiger partial charge in [0.1, 0.15) is 6.61 Å². The summed E-state index contributed by atoms with van der Waals surface area (Å²) >= 11 is 0. The number of carbonyl (C=O) groups excluding carboxylic acids is 1. The van der Waals surface area contributed by atoms with Crippen molar-refractivity contribution in [2.45, 2.75) is 6.10 Å². The van der Waals surface area contributed by atoms with Crippen LogP contribution in [0.25, 0.3) is 0 Å². The van der Waals surface area contributed by atoms with Gasteiger partial charge in [0.2, 0.25) is 6.10 Å². The van der Waals surface area contributed by atoms with Gasteiger partial charge < -0.3 is 23.8 Å². The monoisotopic (exact) mass is 329 g/mol. The van der Waals surface area contributed by atoms with Crippen molar-refractivity contribution in [2.75, 3.05) is 32.8 Å². The molecule has 0 N–H and O–H groups in total. The van der Waals surface area contributed by atoms with Crippen LogP contribution in [0.3, 0.4) is 0 Å². The smallest absolute Gasteiger partial charge is 0.271 e. The minimum atomic E-state index is -0.696. The summed E-state index contributed by atoms with van der Waals surface area (Å²) in [7, 11) is 4.81. The van der Waals surface area contributed by atoms with E-state index in [0.29, 0.717) is 28.7 Å². The van der Waals surface area contributed by atoms with E-state index in [0.717, 1.165) is 0 Å². The van der Waals surface area contributed by atoms with Crippen molar-refractivity contribution in [3.8, 4) is 23.0 Å². The molecule has 1 atom stereocenters. The zero-order chi connectivity index (χ0) is 17.1. The number of hydrogen-bond donors (Lipinski definition) is 0. The number of benzene rings is 2. The number of hydrogen-bond acceptors (Lipinski definition) is 5. The molecule has 6 nitrogen and oxygen atoms in total. The van der Waals surface area contributed by atoms with Crippen LogP contribution in [0.1, 0.15) is 0 Å². The van der Waals surface area contributed by atoms with Gasteiger partial charge >= 0.3 is 0 Å². The minimum Gasteiger partial charge on any atom is -0.493 e. The predicted octanol–water partition coefficient (Wildman–Crippen LogP) is 2.51. The van der Waals surface area contributed by atoms with Crippen LogP contribution in [0.4, 0.5) is 5.69 Å². The maximum Gasteiger partial charge on any atom is 0.271 e. The molecule has 6 heteroatoms. The Balaban J connectivity index is 1.78. The summed E-state index contributed by atoms with van der Waals surface area (Å²) < 4.78 is 21.9. The molecule has 0 saturated heterocycles. The van der Waals surface area contributed by atoms with Crippen LogP contribution in [-0.4, -0.2) is 39.9 Å². The molecular formula is C18H19NO5. The van der Waals surface area contributed by atoms with Gasteiger partial charge in [0, 0.05) is 18.8 Å². The third-order valence-corrected chi connectivity index (χ3v) is 3.87. The maximum atomic E-state index is 12.7. The standard InChI is InChI=1S/C18H19NO5/c1-19(12-8-9-13(21-2)16(10-12)22-3)18(20)17-11-23-14-6-4-5-7-15(14)24-17/h4-10,17H,11H2,1-3H3/t17-/m0/s1. The van der Waals surface area contributed by atoms with Crippen LogP contribution in [0.15, 0.2) is 42.5 Å². The fraction of sp³-hybridized carbons (Fsp3) is 0.278. The highest BCUT2D eigenvalue weighted by Gasteiger charge is 2.30. The summed E-state index contributed by atoms with van der Waals surface area (Å²) in [5, 5.41) is 0. The highest BCUT2D eigenvalue weighted by molar-refractivity contribution is 5.96. The van der Waals surface area contributed by atoms with Crippen LogP contribution in [0, 0.1) is 0 Å². The van der Waals surface area contributed by atoms with Crippen molar-refractivity contribution in [3.05, 3.63) is 42.5 Å². The van der Waals surface area contributed by atoms with Gasteiger partial charge in [-0.15, -0.1) is 0 Å². The largest absolute Gasteiger partial charge is 0.493 e. The number of rotatable bonds is 4. The van der Waals surface area contributed by atoms with E-state index >= 15 is 0 Å². The molecule has 126 valence electrons. The molecule has 3 rings (SSSR count). The lowest BCUT2D eigenvalue weighted by molar-refractivity contribution is -0.127. The van der Waals surface area contributed by atoms with E-state index in [1.54, 1.807) is 45.5 Å². The summed E-state index contributed by atoms with van der Waals surface area (Å²) in [5.41, 5.74) is 0.681. The zero-order valence-corrected chi connectivity index (χ0v) is 13.8. The van der Waals surface area contributed by atoms with Crippen molar-refractivity contribution in [3.63, 3.8) is 0 Å². The number of amides is 1. The number of para-hydroxylation sites is 2. The van der Waals surface area contributed by atoms with Crippen molar-refractivity contribution in [2.24, 2.45) is 0 Å². The van der Waals surface area contributed by atoms with E-state index in [-0.39, 0.29) is 12.5 Å². The molecule has 24 heavy (non-hydrogen) atoms. The number of carbonyl (C=O) groups is 1. The molecule has 1 aliphatic rings. The number of fused-ring (bicyclic) bond motifs is 1. The second kappa shape index (κ2) is 6.70. The molecular weight excluding hydrogens is 310 g/mol. The van der Waals surface area contributed by atoms with Crippen LogP contribution < -0.4 is 23.8 Å². The van der Waals surface area contributed by atoms with Gasteiger partial charge in [-0.05, 0) is 24.3 Å². The van der Waals surface area contributed by atoms with E-state index in [1.165, 1.54) is 4.90 Å². The van der Waals surface area contributed by atoms with Crippen LogP contribution in [0.5, 0.6) is 23.0 Å². The average Bonchev–Trinajstić information content (AvgIpc) is 2.65. The Morgan fingerprint density at radius 1 is 1.08 bits per heavy atom. The number of methoxy groups -OCH3 is 2. The number of nitrogens with zero attached hydrogens (tertiary/aromatic N) is 1. The minimum absolute atomic E-state index is 0.174. The highest BCUT2D eigenvalue weighted by Crippen LogP contribution is 2.33. The lowest BCUT2D eigenvalue weighted by atomic mass is 10.2. The van der Waals surface area contributed by atoms with Crippen LogP contribution in [-0.2, 0) is 4.79 Å². The average molecular weight is 329 g/mol. The Labute approximate surface area is 140 Å². The van der Waals surface area contributed by atoms with E-state index < -0.39 is 6.10 Å². The second-order valence-corrected chi connectivity index (χ2v) is 5.30. The van der Waals surface area contributed by atoms with E-state index in [4.69, 9.17) is 18.9 Å². The van der Waals surface area contributed by atoms with Crippen molar-refractivity contribution >= 4 is 11.6 Å². The Morgan fingerprint density at radius 2 is 1.79 bits per heavy atom. The Kier molecular flexibility index (Phi) is 4.46. The summed E-state index contributed by atoms with van der Waals surface area (Å²) in [6.45, 7) is 0.174. The Morgan fingerprint density at radius 3 is 2.50 bits per heavy atom. The molecule has 0 aliphatic carbocycles. The zero-order valence-electron chi connectivity index (χ0n) is 13.8. The molecule has 2 aromatic carbocycles. The first-order valence-electron chi connectivity index (χ1n) is 7.52. The summed E-state index contributed by atoms with van der Waals surface area (Å²) in [4.78, 5) is 14.2. The van der Waals surface area contributed by atoms with Gasteiger partial charge in [0.15, 0.2) is 23.0 Å². The summed E-state index contributed by atoms with van der Waals surface area (Å²) in [6, 6.07) is 12.6. The SMILES string of the molecule is COc1ccc(N(C)C(=O)[C@@H]2COc3ccccc3O2)cc1OC. The molecule has 0 saturated carbocycles. The maximum absolute atomic E-state index is 12.7. The highest BCUT2D eigenvalue weighted by atomic mass is 16.6. The predicted molar refractivity (Wildman–Crippen MR) is 89.3 cm³/mol. The van der Waals surface area contributed by atoms with E-state index in [2.05, 4.69) is 0 Å². The fourth-order valence-corrected chi connectivity index (χ4v) is 2.52. The molecule has 2 aromatic rings. The van der Waals surface area contributed by atoms with Crippen molar-refractivity contribution < 1.29 is 23.7 Å². The van der Waals surface area contributed by atoms with Crippen molar-refractivity contribution in [1.82, 2.24) is 0 Å². The van der Waals surface area contributed by atoms with Gasteiger partial charge in [-0.1, -0.05) is 12.1 Å². The molecule has 1 aliphatic heterocycles. The summed E-state index contributed by atoms with van der Waals surface area (Å²) in [6.07, 6.45) is -0.696. The Bertz CT molecular complexity index is 746. The molecule has 0 spiro atoms. The third kappa shape index (κ3) is 2.95. The van der Waals surface area contributed by atoms with Gasteiger partial charge in [0.25, 0.3) is 5.91 Å². The normalized spacial score (nSPS) is 15.5. The number of ether oxygens (including phenoxy) is 4. The molecule has 0 aromatic heterocycles.